The number of nitrogens with zero attached hydrogens (tertiary/aromatic N) is 3. The molecule has 142 valence electrons. The van der Waals surface area contributed by atoms with E-state index in [-0.39, 0.29) is 6.10 Å². The van der Waals surface area contributed by atoms with Gasteiger partial charge < -0.3 is 14.7 Å². The molecule has 2 heterocycles. The average molecular weight is 373 g/mol. The molecule has 1 saturated heterocycles. The summed E-state index contributed by atoms with van der Waals surface area (Å²) in [6.45, 7) is 6.06. The molecule has 5 nitrogen and oxygen atoms in total. The molecular weight excluding hydrogens is 350 g/mol. The fraction of sp³-hybridized carbons (Fsp3) is 0.304. The zero-order chi connectivity index (χ0) is 19.7. The average Bonchev–Trinajstić information content (AvgIpc) is 3.13. The highest BCUT2D eigenvalue weighted by Crippen LogP contribution is 2.31. The minimum atomic E-state index is -0.260. The normalized spacial score (nSPS) is 16.4. The Morgan fingerprint density at radius 1 is 1.21 bits per heavy atom. The third-order valence-corrected chi connectivity index (χ3v) is 5.25. The summed E-state index contributed by atoms with van der Waals surface area (Å²) in [5.41, 5.74) is 5.90. The zero-order valence-electron chi connectivity index (χ0n) is 16.1. The molecule has 28 heavy (non-hydrogen) atoms. The molecule has 0 bridgehead atoms. The Kier molecular flexibility index (Phi) is 4.89. The minimum Gasteiger partial charge on any atom is -0.489 e. The lowest BCUT2D eigenvalue weighted by molar-refractivity contribution is 0.198. The summed E-state index contributed by atoms with van der Waals surface area (Å²) < 4.78 is 5.91. The topological polar surface area (TPSA) is 69.4 Å². The van der Waals surface area contributed by atoms with Gasteiger partial charge in [-0.05, 0) is 73.9 Å². The van der Waals surface area contributed by atoms with Crippen LogP contribution in [0.25, 0.3) is 10.9 Å². The zero-order valence-corrected chi connectivity index (χ0v) is 16.1. The summed E-state index contributed by atoms with van der Waals surface area (Å²) in [7, 11) is 0. The number of aryl methyl sites for hydroxylation is 2. The first-order valence-electron chi connectivity index (χ1n) is 9.50. The van der Waals surface area contributed by atoms with Crippen LogP contribution in [-0.2, 0) is 6.61 Å². The van der Waals surface area contributed by atoms with Crippen LogP contribution in [-0.4, -0.2) is 29.3 Å². The fourth-order valence-corrected chi connectivity index (χ4v) is 3.70. The highest BCUT2D eigenvalue weighted by Gasteiger charge is 2.22. The molecule has 3 aromatic rings. The third-order valence-electron chi connectivity index (χ3n) is 5.25. The van der Waals surface area contributed by atoms with Crippen LogP contribution in [0.5, 0.6) is 5.75 Å². The number of hydrogen-bond donors (Lipinski definition) is 1. The second-order valence-electron chi connectivity index (χ2n) is 7.39. The lowest BCUT2D eigenvalue weighted by atomic mass is 10.0. The van der Waals surface area contributed by atoms with Gasteiger partial charge in [0.2, 0.25) is 0 Å². The van der Waals surface area contributed by atoms with Crippen molar-refractivity contribution in [3.8, 4) is 11.8 Å². The van der Waals surface area contributed by atoms with Gasteiger partial charge in [-0.15, -0.1) is 0 Å². The molecule has 4 rings (SSSR count). The van der Waals surface area contributed by atoms with Crippen molar-refractivity contribution in [1.82, 2.24) is 4.98 Å². The van der Waals surface area contributed by atoms with Crippen molar-refractivity contribution in [1.29, 1.82) is 5.26 Å². The van der Waals surface area contributed by atoms with E-state index in [2.05, 4.69) is 36.1 Å². The molecule has 0 aliphatic carbocycles. The second-order valence-corrected chi connectivity index (χ2v) is 7.39. The molecule has 0 amide bonds. The van der Waals surface area contributed by atoms with E-state index in [1.54, 1.807) is 12.1 Å². The Balaban J connectivity index is 1.63. The van der Waals surface area contributed by atoms with Gasteiger partial charge in [-0.25, -0.2) is 0 Å². The maximum Gasteiger partial charge on any atom is 0.119 e. The number of aliphatic hydroxyl groups excluding tert-OH is 1. The van der Waals surface area contributed by atoms with Crippen molar-refractivity contribution in [2.45, 2.75) is 33.0 Å². The molecule has 2 aromatic carbocycles. The Labute approximate surface area is 164 Å². The van der Waals surface area contributed by atoms with Gasteiger partial charge in [-0.1, -0.05) is 0 Å². The first-order chi connectivity index (χ1) is 13.5. The molecule has 0 saturated carbocycles. The van der Waals surface area contributed by atoms with Gasteiger partial charge in [0.15, 0.2) is 0 Å². The Morgan fingerprint density at radius 3 is 2.68 bits per heavy atom. The molecule has 5 heteroatoms. The predicted octanol–water partition coefficient (Wildman–Crippen LogP) is 3.87. The van der Waals surface area contributed by atoms with Gasteiger partial charge in [0.25, 0.3) is 0 Å². The quantitative estimate of drug-likeness (QED) is 0.752. The number of rotatable bonds is 4. The maximum atomic E-state index is 9.92. The Hall–Kier alpha value is -3.10. The molecular formula is C23H23N3O2. The van der Waals surface area contributed by atoms with Crippen molar-refractivity contribution in [2.75, 3.05) is 18.0 Å². The first-order valence-corrected chi connectivity index (χ1v) is 9.50. The van der Waals surface area contributed by atoms with Crippen molar-refractivity contribution in [3.63, 3.8) is 0 Å². The van der Waals surface area contributed by atoms with Crippen LogP contribution in [0.2, 0.25) is 0 Å². The fourth-order valence-electron chi connectivity index (χ4n) is 3.70. The van der Waals surface area contributed by atoms with E-state index in [9.17, 15) is 5.11 Å². The SMILES string of the molecule is Cc1cc(N2CC[C@H](O)C2)c2cc(C)c(COc3ccc(C#N)cc3)cc2n1. The van der Waals surface area contributed by atoms with Crippen LogP contribution in [0.4, 0.5) is 5.69 Å². The van der Waals surface area contributed by atoms with Crippen molar-refractivity contribution in [2.24, 2.45) is 0 Å². The van der Waals surface area contributed by atoms with Gasteiger partial charge in [0.05, 0.1) is 23.3 Å². The Bertz CT molecular complexity index is 1050. The summed E-state index contributed by atoms with van der Waals surface area (Å²) in [5.74, 6) is 0.738. The van der Waals surface area contributed by atoms with Crippen LogP contribution in [0.1, 0.15) is 28.8 Å². The standard InChI is InChI=1S/C23H23N3O2/c1-15-9-21-22(25-16(2)10-23(21)26-8-7-19(27)13-26)11-18(15)14-28-20-5-3-17(12-24)4-6-20/h3-6,9-11,19,27H,7-8,13-14H2,1-2H3/t19-/m0/s1. The first kappa shape index (κ1) is 18.3. The number of nitriles is 1. The number of hydrogen-bond acceptors (Lipinski definition) is 5. The van der Waals surface area contributed by atoms with E-state index in [1.807, 2.05) is 19.1 Å². The van der Waals surface area contributed by atoms with E-state index < -0.39 is 0 Å². The lowest BCUT2D eigenvalue weighted by Crippen LogP contribution is -2.21. The van der Waals surface area contributed by atoms with Crippen molar-refractivity contribution in [3.05, 3.63) is 64.8 Å². The van der Waals surface area contributed by atoms with E-state index in [0.717, 1.165) is 52.1 Å². The van der Waals surface area contributed by atoms with Gasteiger partial charge in [0.1, 0.15) is 12.4 Å². The second kappa shape index (κ2) is 7.49. The predicted molar refractivity (Wildman–Crippen MR) is 110 cm³/mol. The number of aromatic nitrogens is 1. The van der Waals surface area contributed by atoms with Gasteiger partial charge in [-0.3, -0.25) is 4.98 Å². The summed E-state index contributed by atoms with van der Waals surface area (Å²) >= 11 is 0. The van der Waals surface area contributed by atoms with Crippen LogP contribution >= 0.6 is 0 Å². The molecule has 1 aliphatic heterocycles. The number of fused-ring (bicyclic) bond motifs is 1. The van der Waals surface area contributed by atoms with E-state index in [0.29, 0.717) is 18.7 Å². The highest BCUT2D eigenvalue weighted by molar-refractivity contribution is 5.93. The monoisotopic (exact) mass is 373 g/mol. The lowest BCUT2D eigenvalue weighted by Gasteiger charge is -2.21. The number of pyridine rings is 1. The summed E-state index contributed by atoms with van der Waals surface area (Å²) in [5, 5.41) is 19.9. The van der Waals surface area contributed by atoms with Crippen molar-refractivity contribution < 1.29 is 9.84 Å². The number of ether oxygens (including phenoxy) is 1. The summed E-state index contributed by atoms with van der Waals surface area (Å²) in [4.78, 5) is 6.97. The van der Waals surface area contributed by atoms with E-state index in [1.165, 1.54) is 0 Å². The Morgan fingerprint density at radius 2 is 2.00 bits per heavy atom. The van der Waals surface area contributed by atoms with Crippen molar-refractivity contribution >= 4 is 16.6 Å². The van der Waals surface area contributed by atoms with Crippen LogP contribution < -0.4 is 9.64 Å². The van der Waals surface area contributed by atoms with Crippen LogP contribution in [0.15, 0.2) is 42.5 Å². The molecule has 0 radical (unpaired) electrons. The molecule has 1 fully saturated rings. The van der Waals surface area contributed by atoms with Gasteiger partial charge in [-0.2, -0.15) is 5.26 Å². The van der Waals surface area contributed by atoms with E-state index in [4.69, 9.17) is 15.0 Å². The largest absolute Gasteiger partial charge is 0.489 e. The third kappa shape index (κ3) is 3.64. The van der Waals surface area contributed by atoms with Crippen LogP contribution in [0, 0.1) is 25.2 Å². The number of anilines is 1. The molecule has 1 aromatic heterocycles. The maximum absolute atomic E-state index is 9.92. The molecule has 1 atom stereocenters. The molecule has 1 N–H and O–H groups in total. The summed E-state index contributed by atoms with van der Waals surface area (Å²) in [6.07, 6.45) is 0.544. The highest BCUT2D eigenvalue weighted by atomic mass is 16.5. The van der Waals surface area contributed by atoms with E-state index >= 15 is 0 Å². The minimum absolute atomic E-state index is 0.260. The molecule has 0 unspecified atom stereocenters. The summed E-state index contributed by atoms with van der Waals surface area (Å²) in [6, 6.07) is 15.6. The molecule has 0 spiro atoms. The van der Waals surface area contributed by atoms with Crippen LogP contribution in [0.3, 0.4) is 0 Å². The molecule has 1 aliphatic rings. The number of aliphatic hydroxyl groups is 1. The van der Waals surface area contributed by atoms with Gasteiger partial charge in [0, 0.05) is 29.9 Å². The smallest absolute Gasteiger partial charge is 0.119 e. The number of β-amino-alcohol motifs (C(OH)–C–C–N with tert-alkyl or cyclic N) is 1. The number of benzene rings is 2. The van der Waals surface area contributed by atoms with Gasteiger partial charge >= 0.3 is 0 Å².